The molecule has 1 amide bonds. The fraction of sp³-hybridized carbons (Fsp3) is 0.318. The minimum atomic E-state index is -0.693. The zero-order valence-electron chi connectivity index (χ0n) is 15.7. The van der Waals surface area contributed by atoms with E-state index >= 15 is 0 Å². The Balaban J connectivity index is 1.79. The monoisotopic (exact) mass is 381 g/mol. The Kier molecular flexibility index (Phi) is 6.42. The van der Waals surface area contributed by atoms with Gasteiger partial charge in [-0.3, -0.25) is 9.69 Å². The number of amides is 1. The van der Waals surface area contributed by atoms with Gasteiger partial charge in [-0.15, -0.1) is 0 Å². The summed E-state index contributed by atoms with van der Waals surface area (Å²) in [5.74, 6) is -0.438. The van der Waals surface area contributed by atoms with Crippen LogP contribution >= 0.6 is 0 Å². The number of esters is 1. The first-order valence-electron chi connectivity index (χ1n) is 9.24. The van der Waals surface area contributed by atoms with Crippen molar-refractivity contribution >= 4 is 18.3 Å². The molecule has 0 spiro atoms. The molecule has 3 rings (SSSR count). The van der Waals surface area contributed by atoms with E-state index in [1.165, 1.54) is 11.8 Å². The molecule has 3 atom stereocenters. The number of nitrogens with zero attached hydrogens (tertiary/aromatic N) is 1. The third kappa shape index (κ3) is 4.76. The van der Waals surface area contributed by atoms with Crippen molar-refractivity contribution in [1.82, 2.24) is 4.90 Å². The molecular weight excluding hydrogens is 358 g/mol. The van der Waals surface area contributed by atoms with Gasteiger partial charge < -0.3 is 14.3 Å². The lowest BCUT2D eigenvalue weighted by molar-refractivity contribution is -0.147. The van der Waals surface area contributed by atoms with Crippen molar-refractivity contribution in [2.24, 2.45) is 0 Å². The van der Waals surface area contributed by atoms with E-state index in [2.05, 4.69) is 0 Å². The maximum Gasteiger partial charge on any atom is 0.411 e. The number of likely N-dealkylation sites (tertiary alicyclic amines) is 1. The van der Waals surface area contributed by atoms with Gasteiger partial charge in [-0.1, -0.05) is 60.7 Å². The molecule has 6 heteroatoms. The Bertz CT molecular complexity index is 808. The number of ether oxygens (including phenoxy) is 2. The van der Waals surface area contributed by atoms with E-state index in [0.717, 1.165) is 11.1 Å². The second-order valence-corrected chi connectivity index (χ2v) is 6.79. The fourth-order valence-corrected chi connectivity index (χ4v) is 3.54. The lowest BCUT2D eigenvalue weighted by Crippen LogP contribution is -2.46. The van der Waals surface area contributed by atoms with Crippen molar-refractivity contribution in [3.8, 4) is 0 Å². The standard InChI is InChI=1S/C22H23NO5/c1-16(25)28-21-13-19(14-24)23(20(21)12-17-8-4-2-5-9-17)22(26)27-15-18-10-6-3-7-11-18/h2-11,14,19-21H,12-13,15H2,1H3/t19-,20-,21-/m0/s1. The van der Waals surface area contributed by atoms with Gasteiger partial charge in [0.2, 0.25) is 0 Å². The van der Waals surface area contributed by atoms with Crippen LogP contribution in [0.1, 0.15) is 24.5 Å². The quantitative estimate of drug-likeness (QED) is 0.568. The highest BCUT2D eigenvalue weighted by atomic mass is 16.6. The topological polar surface area (TPSA) is 72.9 Å². The van der Waals surface area contributed by atoms with Crippen LogP contribution in [0.2, 0.25) is 0 Å². The molecule has 6 nitrogen and oxygen atoms in total. The molecule has 1 aliphatic heterocycles. The average Bonchev–Trinajstić information content (AvgIpc) is 3.04. The number of hydrogen-bond donors (Lipinski definition) is 0. The maximum absolute atomic E-state index is 12.8. The first-order valence-corrected chi connectivity index (χ1v) is 9.24. The number of carbonyl (C=O) groups excluding carboxylic acids is 3. The highest BCUT2D eigenvalue weighted by Crippen LogP contribution is 2.30. The zero-order chi connectivity index (χ0) is 19.9. The minimum absolute atomic E-state index is 0.109. The molecule has 0 N–H and O–H groups in total. The highest BCUT2D eigenvalue weighted by molar-refractivity contribution is 5.75. The molecule has 1 fully saturated rings. The molecule has 2 aromatic carbocycles. The van der Waals surface area contributed by atoms with E-state index < -0.39 is 30.3 Å². The number of benzene rings is 2. The smallest absolute Gasteiger partial charge is 0.411 e. The van der Waals surface area contributed by atoms with Crippen molar-refractivity contribution in [2.45, 2.75) is 44.6 Å². The number of carbonyl (C=O) groups is 3. The SMILES string of the molecule is CC(=O)O[C@H]1C[C@@H](C=O)N(C(=O)OCc2ccccc2)[C@H]1Cc1ccccc1. The van der Waals surface area contributed by atoms with Crippen LogP contribution in [0.3, 0.4) is 0 Å². The van der Waals surface area contributed by atoms with E-state index in [1.54, 1.807) is 0 Å². The highest BCUT2D eigenvalue weighted by Gasteiger charge is 2.46. The van der Waals surface area contributed by atoms with E-state index in [9.17, 15) is 14.4 Å². The van der Waals surface area contributed by atoms with Gasteiger partial charge in [0, 0.05) is 13.3 Å². The van der Waals surface area contributed by atoms with Crippen molar-refractivity contribution in [2.75, 3.05) is 0 Å². The normalized spacial score (nSPS) is 21.2. The van der Waals surface area contributed by atoms with Crippen molar-refractivity contribution in [3.05, 3.63) is 71.8 Å². The first kappa shape index (κ1) is 19.6. The minimum Gasteiger partial charge on any atom is -0.460 e. The van der Waals surface area contributed by atoms with Gasteiger partial charge >= 0.3 is 12.1 Å². The van der Waals surface area contributed by atoms with Gasteiger partial charge in [0.15, 0.2) is 0 Å². The average molecular weight is 381 g/mol. The lowest BCUT2D eigenvalue weighted by atomic mass is 10.0. The molecule has 28 heavy (non-hydrogen) atoms. The van der Waals surface area contributed by atoms with Crippen LogP contribution in [0, 0.1) is 0 Å². The summed E-state index contributed by atoms with van der Waals surface area (Å²) in [4.78, 5) is 37.4. The third-order valence-electron chi connectivity index (χ3n) is 4.80. The predicted octanol–water partition coefficient (Wildman–Crippen LogP) is 3.14. The van der Waals surface area contributed by atoms with Gasteiger partial charge in [0.05, 0.1) is 12.1 Å². The molecule has 0 aliphatic carbocycles. The molecule has 0 unspecified atom stereocenters. The molecule has 1 aliphatic rings. The molecule has 0 saturated carbocycles. The molecule has 0 radical (unpaired) electrons. The van der Waals surface area contributed by atoms with Crippen molar-refractivity contribution in [1.29, 1.82) is 0 Å². The van der Waals surface area contributed by atoms with Crippen molar-refractivity contribution in [3.63, 3.8) is 0 Å². The van der Waals surface area contributed by atoms with Crippen LogP contribution in [-0.2, 0) is 32.1 Å². The summed E-state index contributed by atoms with van der Waals surface area (Å²) in [7, 11) is 0. The van der Waals surface area contributed by atoms with Crippen LogP contribution in [0.25, 0.3) is 0 Å². The lowest BCUT2D eigenvalue weighted by Gasteiger charge is -2.29. The fourth-order valence-electron chi connectivity index (χ4n) is 3.54. The van der Waals surface area contributed by atoms with Gasteiger partial charge in [0.25, 0.3) is 0 Å². The summed E-state index contributed by atoms with van der Waals surface area (Å²) in [5.41, 5.74) is 1.84. The van der Waals surface area contributed by atoms with Gasteiger partial charge in [0.1, 0.15) is 19.0 Å². The van der Waals surface area contributed by atoms with Crippen LogP contribution in [0.15, 0.2) is 60.7 Å². The van der Waals surface area contributed by atoms with Crippen LogP contribution in [-0.4, -0.2) is 41.4 Å². The van der Waals surface area contributed by atoms with Gasteiger partial charge in [-0.25, -0.2) is 4.79 Å². The molecule has 146 valence electrons. The van der Waals surface area contributed by atoms with Crippen LogP contribution < -0.4 is 0 Å². The Labute approximate surface area is 164 Å². The Hall–Kier alpha value is -3.15. The summed E-state index contributed by atoms with van der Waals surface area (Å²) in [6, 6.07) is 17.8. The van der Waals surface area contributed by atoms with Gasteiger partial charge in [-0.05, 0) is 17.5 Å². The molecule has 1 saturated heterocycles. The molecular formula is C22H23NO5. The Morgan fingerprint density at radius 3 is 2.21 bits per heavy atom. The van der Waals surface area contributed by atoms with Crippen LogP contribution in [0.5, 0.6) is 0 Å². The zero-order valence-corrected chi connectivity index (χ0v) is 15.7. The summed E-state index contributed by atoms with van der Waals surface area (Å²) in [5, 5.41) is 0. The number of hydrogen-bond acceptors (Lipinski definition) is 5. The number of aldehydes is 1. The largest absolute Gasteiger partial charge is 0.460 e. The van der Waals surface area contributed by atoms with E-state index in [0.29, 0.717) is 12.7 Å². The molecule has 0 aromatic heterocycles. The molecule has 1 heterocycles. The summed E-state index contributed by atoms with van der Waals surface area (Å²) < 4.78 is 10.9. The predicted molar refractivity (Wildman–Crippen MR) is 102 cm³/mol. The summed E-state index contributed by atoms with van der Waals surface area (Å²) in [6.45, 7) is 1.43. The van der Waals surface area contributed by atoms with E-state index in [-0.39, 0.29) is 13.0 Å². The maximum atomic E-state index is 12.8. The van der Waals surface area contributed by atoms with E-state index in [1.807, 2.05) is 60.7 Å². The Morgan fingerprint density at radius 1 is 1.04 bits per heavy atom. The summed E-state index contributed by atoms with van der Waals surface area (Å²) >= 11 is 0. The first-order chi connectivity index (χ1) is 13.6. The second kappa shape index (κ2) is 9.17. The number of rotatable bonds is 6. The van der Waals surface area contributed by atoms with E-state index in [4.69, 9.17) is 9.47 Å². The van der Waals surface area contributed by atoms with Crippen molar-refractivity contribution < 1.29 is 23.9 Å². The second-order valence-electron chi connectivity index (χ2n) is 6.79. The molecule has 2 aromatic rings. The Morgan fingerprint density at radius 2 is 1.64 bits per heavy atom. The van der Waals surface area contributed by atoms with Crippen LogP contribution in [0.4, 0.5) is 4.79 Å². The summed E-state index contributed by atoms with van der Waals surface area (Å²) in [6.07, 6.45) is 0.296. The third-order valence-corrected chi connectivity index (χ3v) is 4.80. The van der Waals surface area contributed by atoms with Gasteiger partial charge in [-0.2, -0.15) is 0 Å². The molecule has 0 bridgehead atoms.